The first kappa shape index (κ1) is 19.4. The molecular formula is C17H16F3NO5. The highest BCUT2D eigenvalue weighted by molar-refractivity contribution is 5.92. The molecule has 0 radical (unpaired) electrons. The fourth-order valence-corrected chi connectivity index (χ4v) is 2.20. The zero-order valence-electron chi connectivity index (χ0n) is 13.7. The van der Waals surface area contributed by atoms with Gasteiger partial charge >= 0.3 is 12.3 Å². The maximum absolute atomic E-state index is 12.5. The number of carboxylic acid groups (broad SMARTS) is 1. The number of carbonyl (C=O) groups is 2. The molecule has 1 atom stereocenters. The third kappa shape index (κ3) is 5.54. The van der Waals surface area contributed by atoms with Crippen LogP contribution in [0.15, 0.2) is 40.8 Å². The fourth-order valence-electron chi connectivity index (χ4n) is 2.20. The number of para-hydroxylation sites is 1. The molecule has 1 aromatic heterocycles. The van der Waals surface area contributed by atoms with Gasteiger partial charge in [-0.15, -0.1) is 13.2 Å². The van der Waals surface area contributed by atoms with Crippen LogP contribution in [-0.4, -0.2) is 29.4 Å². The van der Waals surface area contributed by atoms with E-state index in [-0.39, 0.29) is 29.9 Å². The Kier molecular flexibility index (Phi) is 5.91. The summed E-state index contributed by atoms with van der Waals surface area (Å²) in [5, 5.41) is 11.2. The van der Waals surface area contributed by atoms with Crippen LogP contribution in [0.4, 0.5) is 13.2 Å². The summed E-state index contributed by atoms with van der Waals surface area (Å²) in [6.07, 6.45) is -4.73. The molecule has 0 aliphatic carbocycles. The lowest BCUT2D eigenvalue weighted by molar-refractivity contribution is -0.274. The van der Waals surface area contributed by atoms with Crippen LogP contribution in [0.5, 0.6) is 5.75 Å². The molecule has 140 valence electrons. The highest BCUT2D eigenvalue weighted by Crippen LogP contribution is 2.34. The number of rotatable bonds is 7. The van der Waals surface area contributed by atoms with Gasteiger partial charge in [-0.3, -0.25) is 9.59 Å². The van der Waals surface area contributed by atoms with E-state index in [0.29, 0.717) is 0 Å². The minimum absolute atomic E-state index is 0.0354. The van der Waals surface area contributed by atoms with Crippen LogP contribution in [0.25, 0.3) is 11.3 Å². The van der Waals surface area contributed by atoms with Crippen LogP contribution in [0.1, 0.15) is 30.3 Å². The average molecular weight is 371 g/mol. The number of nitrogens with one attached hydrogen (secondary N) is 1. The summed E-state index contributed by atoms with van der Waals surface area (Å²) in [5.41, 5.74) is 0.0443. The SMILES string of the molecule is CC(CCC(=O)O)NC(=O)c1ccc(-c2ccccc2OC(F)(F)F)o1. The highest BCUT2D eigenvalue weighted by atomic mass is 19.4. The number of hydrogen-bond donors (Lipinski definition) is 2. The summed E-state index contributed by atoms with van der Waals surface area (Å²) in [7, 11) is 0. The van der Waals surface area contributed by atoms with Crippen molar-refractivity contribution in [1.29, 1.82) is 0 Å². The Balaban J connectivity index is 2.12. The average Bonchev–Trinajstić information content (AvgIpc) is 3.02. The van der Waals surface area contributed by atoms with Gasteiger partial charge in [-0.25, -0.2) is 0 Å². The van der Waals surface area contributed by atoms with E-state index in [0.717, 1.165) is 6.07 Å². The number of ether oxygens (including phenoxy) is 1. The van der Waals surface area contributed by atoms with Crippen LogP contribution in [-0.2, 0) is 4.79 Å². The van der Waals surface area contributed by atoms with Crippen LogP contribution in [0, 0.1) is 0 Å². The molecule has 2 rings (SSSR count). The Hall–Kier alpha value is -2.97. The first-order valence-corrected chi connectivity index (χ1v) is 7.63. The Morgan fingerprint density at radius 2 is 1.92 bits per heavy atom. The monoisotopic (exact) mass is 371 g/mol. The molecule has 1 aromatic carbocycles. The Bertz CT molecular complexity index is 785. The second kappa shape index (κ2) is 7.94. The molecule has 0 fully saturated rings. The summed E-state index contributed by atoms with van der Waals surface area (Å²) in [5.74, 6) is -2.09. The van der Waals surface area contributed by atoms with Crippen LogP contribution >= 0.6 is 0 Å². The van der Waals surface area contributed by atoms with E-state index in [1.54, 1.807) is 6.92 Å². The van der Waals surface area contributed by atoms with Gasteiger partial charge in [-0.2, -0.15) is 0 Å². The van der Waals surface area contributed by atoms with Crippen molar-refractivity contribution in [3.05, 3.63) is 42.2 Å². The van der Waals surface area contributed by atoms with E-state index in [9.17, 15) is 22.8 Å². The number of hydrogen-bond acceptors (Lipinski definition) is 4. The van der Waals surface area contributed by atoms with Crippen molar-refractivity contribution in [2.75, 3.05) is 0 Å². The molecule has 1 unspecified atom stereocenters. The van der Waals surface area contributed by atoms with Gasteiger partial charge in [0.1, 0.15) is 11.5 Å². The molecule has 26 heavy (non-hydrogen) atoms. The van der Waals surface area contributed by atoms with Crippen LogP contribution in [0.3, 0.4) is 0 Å². The molecule has 2 N–H and O–H groups in total. The van der Waals surface area contributed by atoms with Gasteiger partial charge in [0.2, 0.25) is 0 Å². The number of carbonyl (C=O) groups excluding carboxylic acids is 1. The van der Waals surface area contributed by atoms with Gasteiger partial charge < -0.3 is 19.6 Å². The lowest BCUT2D eigenvalue weighted by Crippen LogP contribution is -2.32. The second-order valence-electron chi connectivity index (χ2n) is 5.51. The Morgan fingerprint density at radius 3 is 2.58 bits per heavy atom. The fraction of sp³-hybridized carbons (Fsp3) is 0.294. The zero-order chi connectivity index (χ0) is 19.3. The molecule has 9 heteroatoms. The molecule has 0 spiro atoms. The summed E-state index contributed by atoms with van der Waals surface area (Å²) >= 11 is 0. The number of alkyl halides is 3. The number of benzene rings is 1. The topological polar surface area (TPSA) is 88.8 Å². The molecule has 2 aromatic rings. The van der Waals surface area contributed by atoms with Crippen molar-refractivity contribution < 1.29 is 37.0 Å². The predicted octanol–water partition coefficient (Wildman–Crippen LogP) is 3.83. The lowest BCUT2D eigenvalue weighted by atomic mass is 10.1. The smallest absolute Gasteiger partial charge is 0.481 e. The molecule has 0 bridgehead atoms. The molecule has 0 saturated carbocycles. The van der Waals surface area contributed by atoms with Crippen molar-refractivity contribution in [3.8, 4) is 17.1 Å². The molecule has 1 heterocycles. The van der Waals surface area contributed by atoms with Crippen molar-refractivity contribution in [3.63, 3.8) is 0 Å². The van der Waals surface area contributed by atoms with E-state index in [2.05, 4.69) is 10.1 Å². The molecular weight excluding hydrogens is 355 g/mol. The maximum atomic E-state index is 12.5. The molecule has 0 aliphatic heterocycles. The third-order valence-electron chi connectivity index (χ3n) is 3.38. The van der Waals surface area contributed by atoms with Gasteiger partial charge in [0.05, 0.1) is 5.56 Å². The van der Waals surface area contributed by atoms with Crippen molar-refractivity contribution in [2.45, 2.75) is 32.2 Å². The third-order valence-corrected chi connectivity index (χ3v) is 3.38. The number of furan rings is 1. The van der Waals surface area contributed by atoms with Crippen LogP contribution in [0.2, 0.25) is 0 Å². The van der Waals surface area contributed by atoms with E-state index in [1.165, 1.54) is 30.3 Å². The zero-order valence-corrected chi connectivity index (χ0v) is 13.7. The van der Waals surface area contributed by atoms with Gasteiger partial charge in [-0.05, 0) is 37.6 Å². The summed E-state index contributed by atoms with van der Waals surface area (Å²) < 4.78 is 46.8. The molecule has 1 amide bonds. The molecule has 6 nitrogen and oxygen atoms in total. The second-order valence-corrected chi connectivity index (χ2v) is 5.51. The number of aliphatic carboxylic acids is 1. The van der Waals surface area contributed by atoms with Crippen molar-refractivity contribution in [1.82, 2.24) is 5.32 Å². The standard InChI is InChI=1S/C17H16F3NO5/c1-10(6-9-15(22)23)21-16(24)14-8-7-12(25-14)11-4-2-3-5-13(11)26-17(18,19)20/h2-5,7-8,10H,6,9H2,1H3,(H,21,24)(H,22,23). The minimum atomic E-state index is -4.86. The quantitative estimate of drug-likeness (QED) is 0.772. The summed E-state index contributed by atoms with van der Waals surface area (Å²) in [4.78, 5) is 22.6. The lowest BCUT2D eigenvalue weighted by Gasteiger charge is -2.12. The Labute approximate surface area is 146 Å². The predicted molar refractivity (Wildman–Crippen MR) is 84.6 cm³/mol. The van der Waals surface area contributed by atoms with Gasteiger partial charge in [0.15, 0.2) is 5.76 Å². The Morgan fingerprint density at radius 1 is 1.23 bits per heavy atom. The number of amides is 1. The van der Waals surface area contributed by atoms with Gasteiger partial charge in [0, 0.05) is 12.5 Å². The minimum Gasteiger partial charge on any atom is -0.481 e. The van der Waals surface area contributed by atoms with E-state index in [1.807, 2.05) is 0 Å². The molecule has 0 saturated heterocycles. The highest BCUT2D eigenvalue weighted by Gasteiger charge is 2.32. The number of carboxylic acids is 1. The summed E-state index contributed by atoms with van der Waals surface area (Å²) in [6.45, 7) is 1.64. The van der Waals surface area contributed by atoms with E-state index < -0.39 is 30.0 Å². The first-order chi connectivity index (χ1) is 12.2. The van der Waals surface area contributed by atoms with Crippen molar-refractivity contribution in [2.24, 2.45) is 0 Å². The molecule has 0 aliphatic rings. The largest absolute Gasteiger partial charge is 0.573 e. The van der Waals surface area contributed by atoms with Crippen LogP contribution < -0.4 is 10.1 Å². The van der Waals surface area contributed by atoms with E-state index >= 15 is 0 Å². The van der Waals surface area contributed by atoms with Crippen molar-refractivity contribution >= 4 is 11.9 Å². The maximum Gasteiger partial charge on any atom is 0.573 e. The normalized spacial score (nSPS) is 12.5. The number of halogens is 3. The van der Waals surface area contributed by atoms with E-state index in [4.69, 9.17) is 9.52 Å². The van der Waals surface area contributed by atoms with Gasteiger partial charge in [0.25, 0.3) is 5.91 Å². The summed E-state index contributed by atoms with van der Waals surface area (Å²) in [6, 6.07) is 7.66. The van der Waals surface area contributed by atoms with Gasteiger partial charge in [-0.1, -0.05) is 12.1 Å². The first-order valence-electron chi connectivity index (χ1n) is 7.63.